The number of nitrogens with zero attached hydrogens (tertiary/aromatic N) is 1. The first-order valence-corrected chi connectivity index (χ1v) is 15.7. The predicted octanol–water partition coefficient (Wildman–Crippen LogP) is 8.68. The van der Waals surface area contributed by atoms with Gasteiger partial charge in [-0.05, 0) is 86.2 Å². The number of rotatable bonds is 12. The molecule has 2 aliphatic rings. The van der Waals surface area contributed by atoms with Crippen molar-refractivity contribution in [3.8, 4) is 0 Å². The van der Waals surface area contributed by atoms with E-state index in [9.17, 15) is 22.4 Å². The number of benzene rings is 2. The van der Waals surface area contributed by atoms with Crippen LogP contribution in [0.3, 0.4) is 0 Å². The maximum Gasteiger partial charge on any atom is 0.416 e. The summed E-state index contributed by atoms with van der Waals surface area (Å²) in [6, 6.07) is 13.4. The third-order valence-corrected chi connectivity index (χ3v) is 9.41. The van der Waals surface area contributed by atoms with E-state index in [1.54, 1.807) is 0 Å². The predicted molar refractivity (Wildman–Crippen MR) is 161 cm³/mol. The number of nitrogens with one attached hydrogen (secondary N) is 1. The monoisotopic (exact) mass is 586 g/mol. The molecule has 230 valence electrons. The Kier molecular flexibility index (Phi) is 11.3. The lowest BCUT2D eigenvalue weighted by Crippen LogP contribution is -2.46. The zero-order valence-corrected chi connectivity index (χ0v) is 25.1. The van der Waals surface area contributed by atoms with E-state index in [0.717, 1.165) is 83.0 Å². The summed E-state index contributed by atoms with van der Waals surface area (Å²) >= 11 is 0. The van der Waals surface area contributed by atoms with Gasteiger partial charge in [-0.1, -0.05) is 82.0 Å². The Bertz CT molecular complexity index is 1180. The molecule has 0 radical (unpaired) electrons. The Morgan fingerprint density at radius 1 is 1.10 bits per heavy atom. The molecule has 2 fully saturated rings. The fraction of sp³-hybridized carbons (Fsp3) is 0.571. The topological polar surface area (TPSA) is 32.3 Å². The molecule has 1 saturated carbocycles. The fourth-order valence-electron chi connectivity index (χ4n) is 6.93. The third-order valence-electron chi connectivity index (χ3n) is 9.41. The van der Waals surface area contributed by atoms with Gasteiger partial charge in [0, 0.05) is 19.1 Å². The van der Waals surface area contributed by atoms with Gasteiger partial charge in [0.05, 0.1) is 11.0 Å². The van der Waals surface area contributed by atoms with Crippen molar-refractivity contribution in [2.45, 2.75) is 90.3 Å². The number of halogens is 4. The van der Waals surface area contributed by atoms with Gasteiger partial charge in [0.1, 0.15) is 5.82 Å². The SMILES string of the molecule is CCCCCCC1(C(=O)NCCc2cc(F)cc(C(F)(F)F)c2)CCC(N2CC[C@@H](/C=C\c3ccccc3)C(C)C2)C1. The van der Waals surface area contributed by atoms with Crippen molar-refractivity contribution in [1.29, 1.82) is 0 Å². The fourth-order valence-corrected chi connectivity index (χ4v) is 6.93. The largest absolute Gasteiger partial charge is 0.416 e. The maximum absolute atomic E-state index is 13.8. The smallest absolute Gasteiger partial charge is 0.355 e. The molecular weight excluding hydrogens is 540 g/mol. The lowest BCUT2D eigenvalue weighted by Gasteiger charge is -2.40. The molecule has 1 aliphatic carbocycles. The minimum absolute atomic E-state index is 0.00248. The summed E-state index contributed by atoms with van der Waals surface area (Å²) in [5, 5.41) is 3.03. The molecule has 0 bridgehead atoms. The maximum atomic E-state index is 13.8. The number of likely N-dealkylation sites (tertiary alicyclic amines) is 1. The lowest BCUT2D eigenvalue weighted by atomic mass is 9.79. The molecule has 4 atom stereocenters. The number of amides is 1. The Morgan fingerprint density at radius 2 is 1.88 bits per heavy atom. The summed E-state index contributed by atoms with van der Waals surface area (Å²) in [5.41, 5.74) is 0.00982. The number of piperidine rings is 1. The quantitative estimate of drug-likeness (QED) is 0.199. The van der Waals surface area contributed by atoms with Gasteiger partial charge in [-0.15, -0.1) is 0 Å². The van der Waals surface area contributed by atoms with Crippen LogP contribution in [-0.2, 0) is 17.4 Å². The van der Waals surface area contributed by atoms with Crippen molar-refractivity contribution < 1.29 is 22.4 Å². The van der Waals surface area contributed by atoms with Crippen LogP contribution >= 0.6 is 0 Å². The highest BCUT2D eigenvalue weighted by atomic mass is 19.4. The average molecular weight is 587 g/mol. The molecule has 1 saturated heterocycles. The highest BCUT2D eigenvalue weighted by molar-refractivity contribution is 5.83. The summed E-state index contributed by atoms with van der Waals surface area (Å²) < 4.78 is 53.2. The van der Waals surface area contributed by atoms with Gasteiger partial charge < -0.3 is 10.2 Å². The first-order chi connectivity index (χ1) is 20.1. The number of unbranched alkanes of at least 4 members (excludes halogenated alkanes) is 3. The molecule has 0 spiro atoms. The van der Waals surface area contributed by atoms with Gasteiger partial charge in [0.25, 0.3) is 0 Å². The first-order valence-electron chi connectivity index (χ1n) is 15.7. The highest BCUT2D eigenvalue weighted by Crippen LogP contribution is 2.46. The van der Waals surface area contributed by atoms with Crippen LogP contribution in [-0.4, -0.2) is 36.5 Å². The number of allylic oxidation sites excluding steroid dienone is 1. The second-order valence-electron chi connectivity index (χ2n) is 12.5. The zero-order valence-electron chi connectivity index (χ0n) is 25.1. The second kappa shape index (κ2) is 14.7. The molecule has 3 unspecified atom stereocenters. The number of alkyl halides is 3. The van der Waals surface area contributed by atoms with E-state index in [-0.39, 0.29) is 24.4 Å². The Hall–Kier alpha value is -2.67. The Balaban J connectivity index is 1.35. The molecule has 1 heterocycles. The molecule has 0 aromatic heterocycles. The summed E-state index contributed by atoms with van der Waals surface area (Å²) in [6.07, 6.45) is 9.06. The summed E-state index contributed by atoms with van der Waals surface area (Å²) in [6.45, 7) is 6.72. The molecule has 1 amide bonds. The van der Waals surface area contributed by atoms with Gasteiger partial charge >= 0.3 is 6.18 Å². The van der Waals surface area contributed by atoms with Crippen LogP contribution < -0.4 is 5.32 Å². The zero-order chi connectivity index (χ0) is 30.2. The molecule has 1 N–H and O–H groups in total. The van der Waals surface area contributed by atoms with E-state index in [2.05, 4.69) is 60.5 Å². The van der Waals surface area contributed by atoms with Crippen LogP contribution in [0.2, 0.25) is 0 Å². The third kappa shape index (κ3) is 8.68. The molecule has 2 aromatic rings. The van der Waals surface area contributed by atoms with Crippen molar-refractivity contribution in [2.75, 3.05) is 19.6 Å². The minimum Gasteiger partial charge on any atom is -0.355 e. The summed E-state index contributed by atoms with van der Waals surface area (Å²) in [7, 11) is 0. The molecule has 3 nitrogen and oxygen atoms in total. The van der Waals surface area contributed by atoms with Crippen molar-refractivity contribution in [2.24, 2.45) is 17.3 Å². The number of carbonyl (C=O) groups excluding carboxylic acids is 1. The number of hydrogen-bond acceptors (Lipinski definition) is 2. The molecule has 2 aromatic carbocycles. The van der Waals surface area contributed by atoms with E-state index < -0.39 is 23.0 Å². The van der Waals surface area contributed by atoms with Crippen molar-refractivity contribution >= 4 is 12.0 Å². The van der Waals surface area contributed by atoms with Crippen LogP contribution in [0.5, 0.6) is 0 Å². The van der Waals surface area contributed by atoms with Gasteiger partial charge in [0.15, 0.2) is 0 Å². The average Bonchev–Trinajstić information content (AvgIpc) is 3.40. The van der Waals surface area contributed by atoms with Crippen molar-refractivity contribution in [3.05, 3.63) is 77.1 Å². The normalized spacial score (nSPS) is 25.2. The van der Waals surface area contributed by atoms with Crippen molar-refractivity contribution in [3.63, 3.8) is 0 Å². The molecular formula is C35H46F4N2O. The number of carbonyl (C=O) groups is 1. The van der Waals surface area contributed by atoms with Crippen LogP contribution in [0.4, 0.5) is 17.6 Å². The van der Waals surface area contributed by atoms with Gasteiger partial charge in [-0.3, -0.25) is 4.79 Å². The first kappa shape index (κ1) is 32.2. The van der Waals surface area contributed by atoms with E-state index in [1.165, 1.54) is 5.56 Å². The lowest BCUT2D eigenvalue weighted by molar-refractivity contribution is -0.138. The number of hydrogen-bond donors (Lipinski definition) is 1. The molecule has 42 heavy (non-hydrogen) atoms. The van der Waals surface area contributed by atoms with E-state index in [0.29, 0.717) is 23.9 Å². The van der Waals surface area contributed by atoms with E-state index >= 15 is 0 Å². The summed E-state index contributed by atoms with van der Waals surface area (Å²) in [4.78, 5) is 16.3. The van der Waals surface area contributed by atoms with Crippen LogP contribution in [0.1, 0.15) is 88.3 Å². The minimum atomic E-state index is -4.61. The molecule has 1 aliphatic heterocycles. The summed E-state index contributed by atoms with van der Waals surface area (Å²) in [5.74, 6) is 0.152. The Labute approximate surface area is 248 Å². The Morgan fingerprint density at radius 3 is 2.60 bits per heavy atom. The van der Waals surface area contributed by atoms with Gasteiger partial charge in [-0.25, -0.2) is 4.39 Å². The highest BCUT2D eigenvalue weighted by Gasteiger charge is 2.46. The van der Waals surface area contributed by atoms with Crippen LogP contribution in [0, 0.1) is 23.1 Å². The van der Waals surface area contributed by atoms with Gasteiger partial charge in [-0.2, -0.15) is 13.2 Å². The van der Waals surface area contributed by atoms with E-state index in [1.807, 2.05) is 6.07 Å². The van der Waals surface area contributed by atoms with Crippen molar-refractivity contribution in [1.82, 2.24) is 10.2 Å². The van der Waals surface area contributed by atoms with Gasteiger partial charge in [0.2, 0.25) is 5.91 Å². The second-order valence-corrected chi connectivity index (χ2v) is 12.5. The molecule has 4 rings (SSSR count). The standard InChI is InChI=1S/C35H46F4N2O/c1-3-4-5-9-17-34(33(42)40-19-15-28-21-30(35(37,38)39)23-31(36)22-28)18-14-32(24-34)41-20-16-29(26(2)25-41)13-12-27-10-7-6-8-11-27/h6-8,10-13,21-23,26,29,32H,3-5,9,14-20,24-25H2,1-2H3,(H,40,42)/b13-12-/t26?,29-,32?,34?/m1/s1. The van der Waals surface area contributed by atoms with Crippen LogP contribution in [0.15, 0.2) is 54.6 Å². The van der Waals surface area contributed by atoms with E-state index in [4.69, 9.17) is 0 Å². The molecule has 7 heteroatoms. The van der Waals surface area contributed by atoms with Crippen LogP contribution in [0.25, 0.3) is 6.08 Å².